The molecule has 0 N–H and O–H groups in total. The molecular weight excluding hydrogens is 364 g/mol. The third-order valence-corrected chi connectivity index (χ3v) is 4.12. The Hall–Kier alpha value is -3.58. The van der Waals surface area contributed by atoms with Crippen molar-refractivity contribution in [2.45, 2.75) is 33.6 Å². The first kappa shape index (κ1) is 21.7. The summed E-state index contributed by atoms with van der Waals surface area (Å²) in [6.07, 6.45) is 8.33. The fourth-order valence-electron chi connectivity index (χ4n) is 2.65. The maximum absolute atomic E-state index is 11.9. The van der Waals surface area contributed by atoms with Crippen LogP contribution in [-0.2, 0) is 14.3 Å². The normalized spacial score (nSPS) is 10.9. The van der Waals surface area contributed by atoms with Gasteiger partial charge in [-0.05, 0) is 67.8 Å². The molecule has 148 valence electrons. The number of carbonyl (C=O) groups is 2. The van der Waals surface area contributed by atoms with Crippen LogP contribution in [-0.4, -0.2) is 11.9 Å². The summed E-state index contributed by atoms with van der Waals surface area (Å²) in [6.45, 7) is 12.5. The highest BCUT2D eigenvalue weighted by molar-refractivity contribution is 5.93. The maximum Gasteiger partial charge on any atom is 0.338 e. The lowest BCUT2D eigenvalue weighted by molar-refractivity contribution is -0.135. The van der Waals surface area contributed by atoms with Gasteiger partial charge in [0.25, 0.3) is 0 Å². The van der Waals surface area contributed by atoms with Crippen molar-refractivity contribution in [1.82, 2.24) is 0 Å². The highest BCUT2D eigenvalue weighted by Gasteiger charge is 2.10. The fraction of sp³-hybridized carbons (Fsp3) is 0.200. The molecule has 0 radical (unpaired) electrons. The molecule has 2 rings (SSSR count). The molecule has 2 aromatic carbocycles. The molecule has 4 nitrogen and oxygen atoms in total. The number of rotatable bonds is 7. The van der Waals surface area contributed by atoms with Crippen LogP contribution in [0.2, 0.25) is 0 Å². The minimum atomic E-state index is -0.486. The van der Waals surface area contributed by atoms with Gasteiger partial charge in [0.05, 0.1) is 0 Å². The molecular formula is C25H24O4. The van der Waals surface area contributed by atoms with Gasteiger partial charge < -0.3 is 9.47 Å². The topological polar surface area (TPSA) is 52.6 Å². The molecule has 0 bridgehead atoms. The molecule has 0 heterocycles. The van der Waals surface area contributed by atoms with Crippen LogP contribution in [0.15, 0.2) is 60.4 Å². The molecule has 4 heteroatoms. The van der Waals surface area contributed by atoms with Crippen LogP contribution in [0, 0.1) is 12.3 Å². The Kier molecular flexibility index (Phi) is 7.16. The van der Waals surface area contributed by atoms with Gasteiger partial charge >= 0.3 is 11.9 Å². The van der Waals surface area contributed by atoms with Crippen molar-refractivity contribution in [2.24, 2.45) is 0 Å². The Bertz CT molecular complexity index is 1060. The zero-order valence-electron chi connectivity index (χ0n) is 17.0. The largest absolute Gasteiger partial charge is 0.428 e. The molecule has 0 aromatic heterocycles. The van der Waals surface area contributed by atoms with Crippen LogP contribution >= 0.6 is 0 Å². The van der Waals surface area contributed by atoms with Crippen molar-refractivity contribution < 1.29 is 19.1 Å². The van der Waals surface area contributed by atoms with E-state index in [0.29, 0.717) is 29.1 Å². The van der Waals surface area contributed by atoms with Gasteiger partial charge in [-0.3, -0.25) is 4.79 Å². The van der Waals surface area contributed by atoms with E-state index in [1.165, 1.54) is 0 Å². The van der Waals surface area contributed by atoms with E-state index >= 15 is 0 Å². The molecule has 0 aliphatic heterocycles. The van der Waals surface area contributed by atoms with Crippen molar-refractivity contribution >= 4 is 28.8 Å². The summed E-state index contributed by atoms with van der Waals surface area (Å²) in [6, 6.07) is 9.02. The number of terminal acetylenes is 1. The second-order valence-corrected chi connectivity index (χ2v) is 6.91. The Labute approximate surface area is 171 Å². The van der Waals surface area contributed by atoms with E-state index in [1.807, 2.05) is 25.1 Å². The molecule has 29 heavy (non-hydrogen) atoms. The SMILES string of the molecule is C#Cc1c(/C=C(\C)OC(=O)C(=C)C)ccc2cc(OC(=O)CCC(=C)C)ccc12. The number of carbonyl (C=O) groups excluding carboxylic acids is 2. The predicted octanol–water partition coefficient (Wildman–Crippen LogP) is 5.56. The second-order valence-electron chi connectivity index (χ2n) is 6.91. The molecule has 0 fully saturated rings. The smallest absolute Gasteiger partial charge is 0.338 e. The van der Waals surface area contributed by atoms with Crippen LogP contribution in [0.1, 0.15) is 44.7 Å². The van der Waals surface area contributed by atoms with Gasteiger partial charge in [0, 0.05) is 17.6 Å². The van der Waals surface area contributed by atoms with Crippen molar-refractivity contribution in [2.75, 3.05) is 0 Å². The quantitative estimate of drug-likeness (QED) is 0.156. The zero-order valence-corrected chi connectivity index (χ0v) is 17.0. The monoisotopic (exact) mass is 388 g/mol. The molecule has 0 saturated carbocycles. The maximum atomic E-state index is 11.9. The standard InChI is InChI=1S/C25H24O4/c1-7-22-19(14-18(6)28-25(27)17(4)5)9-10-20-15-21(11-12-23(20)22)29-24(26)13-8-16(2)3/h1,9-12,14-15H,2,4,8,13H2,3,5-6H3/b18-14+. The van der Waals surface area contributed by atoms with E-state index in [2.05, 4.69) is 19.1 Å². The molecule has 0 saturated heterocycles. The van der Waals surface area contributed by atoms with Crippen LogP contribution in [0.5, 0.6) is 5.75 Å². The third kappa shape index (κ3) is 5.95. The van der Waals surface area contributed by atoms with Gasteiger partial charge in [0.1, 0.15) is 11.5 Å². The Morgan fingerprint density at radius 3 is 2.45 bits per heavy atom. The summed E-state index contributed by atoms with van der Waals surface area (Å²) >= 11 is 0. The summed E-state index contributed by atoms with van der Waals surface area (Å²) in [5.74, 6) is 2.77. The molecule has 2 aromatic rings. The summed E-state index contributed by atoms with van der Waals surface area (Å²) in [5.41, 5.74) is 2.66. The number of fused-ring (bicyclic) bond motifs is 1. The molecule has 0 spiro atoms. The fourth-order valence-corrected chi connectivity index (χ4v) is 2.65. The number of allylic oxidation sites excluding steroid dienone is 2. The minimum absolute atomic E-state index is 0.287. The first-order valence-electron chi connectivity index (χ1n) is 9.15. The van der Waals surface area contributed by atoms with Crippen molar-refractivity contribution in [3.63, 3.8) is 0 Å². The lowest BCUT2D eigenvalue weighted by Gasteiger charge is -2.10. The summed E-state index contributed by atoms with van der Waals surface area (Å²) in [7, 11) is 0. The van der Waals surface area contributed by atoms with Gasteiger partial charge in [-0.2, -0.15) is 0 Å². The van der Waals surface area contributed by atoms with E-state index in [0.717, 1.165) is 21.9 Å². The highest BCUT2D eigenvalue weighted by atomic mass is 16.5. The lowest BCUT2D eigenvalue weighted by atomic mass is 9.98. The molecule has 0 aliphatic rings. The summed E-state index contributed by atoms with van der Waals surface area (Å²) in [4.78, 5) is 23.6. The second kappa shape index (κ2) is 9.57. The van der Waals surface area contributed by atoms with Gasteiger partial charge in [-0.25, -0.2) is 4.79 Å². The summed E-state index contributed by atoms with van der Waals surface area (Å²) < 4.78 is 10.6. The number of esters is 2. The van der Waals surface area contributed by atoms with Crippen LogP contribution in [0.4, 0.5) is 0 Å². The summed E-state index contributed by atoms with van der Waals surface area (Å²) in [5, 5.41) is 1.68. The Morgan fingerprint density at radius 1 is 1.10 bits per heavy atom. The Balaban J connectivity index is 2.30. The van der Waals surface area contributed by atoms with E-state index in [1.54, 1.807) is 32.1 Å². The van der Waals surface area contributed by atoms with E-state index in [9.17, 15) is 9.59 Å². The molecule has 0 atom stereocenters. The van der Waals surface area contributed by atoms with Crippen molar-refractivity contribution in [3.8, 4) is 18.1 Å². The predicted molar refractivity (Wildman–Crippen MR) is 116 cm³/mol. The van der Waals surface area contributed by atoms with Crippen molar-refractivity contribution in [1.29, 1.82) is 0 Å². The van der Waals surface area contributed by atoms with Crippen LogP contribution < -0.4 is 4.74 Å². The number of hydrogen-bond acceptors (Lipinski definition) is 4. The molecule has 0 unspecified atom stereocenters. The zero-order chi connectivity index (χ0) is 21.6. The highest BCUT2D eigenvalue weighted by Crippen LogP contribution is 2.28. The van der Waals surface area contributed by atoms with Crippen LogP contribution in [0.25, 0.3) is 16.8 Å². The number of benzene rings is 2. The minimum Gasteiger partial charge on any atom is -0.428 e. The van der Waals surface area contributed by atoms with Crippen molar-refractivity contribution in [3.05, 3.63) is 71.5 Å². The average Bonchev–Trinajstić information content (AvgIpc) is 2.66. The van der Waals surface area contributed by atoms with E-state index < -0.39 is 5.97 Å². The van der Waals surface area contributed by atoms with Gasteiger partial charge in [-0.15, -0.1) is 13.0 Å². The van der Waals surface area contributed by atoms with E-state index in [4.69, 9.17) is 15.9 Å². The van der Waals surface area contributed by atoms with Gasteiger partial charge in [-0.1, -0.05) is 30.2 Å². The number of hydrogen-bond donors (Lipinski definition) is 0. The molecule has 0 amide bonds. The average molecular weight is 388 g/mol. The Morgan fingerprint density at radius 2 is 1.83 bits per heavy atom. The first-order valence-corrected chi connectivity index (χ1v) is 9.15. The first-order chi connectivity index (χ1) is 13.7. The lowest BCUT2D eigenvalue weighted by Crippen LogP contribution is -2.07. The third-order valence-electron chi connectivity index (χ3n) is 4.12. The number of ether oxygens (including phenoxy) is 2. The van der Waals surface area contributed by atoms with Gasteiger partial charge in [0.15, 0.2) is 0 Å². The van der Waals surface area contributed by atoms with Gasteiger partial charge in [0.2, 0.25) is 0 Å². The van der Waals surface area contributed by atoms with Crippen LogP contribution in [0.3, 0.4) is 0 Å². The molecule has 0 aliphatic carbocycles. The van der Waals surface area contributed by atoms with E-state index in [-0.39, 0.29) is 12.4 Å².